The molecule has 0 fully saturated rings. The van der Waals surface area contributed by atoms with E-state index < -0.39 is 11.4 Å². The van der Waals surface area contributed by atoms with Gasteiger partial charge in [0, 0.05) is 12.4 Å². The molecule has 1 atom stereocenters. The number of pyridine rings is 1. The number of carbonyl (C=O) groups is 1. The largest absolute Gasteiger partial charge is 0.476 e. The van der Waals surface area contributed by atoms with Gasteiger partial charge in [0.2, 0.25) is 0 Å². The minimum absolute atomic E-state index is 0.0666. The number of H-pyrrole nitrogens is 1. The molecule has 128 valence electrons. The van der Waals surface area contributed by atoms with Crippen LogP contribution in [0.15, 0.2) is 73.1 Å². The molecule has 1 aliphatic carbocycles. The van der Waals surface area contributed by atoms with Gasteiger partial charge in [-0.3, -0.25) is 4.98 Å². The second-order valence-electron chi connectivity index (χ2n) is 6.10. The molecule has 0 aliphatic heterocycles. The predicted molar refractivity (Wildman–Crippen MR) is 96.5 cm³/mol. The molecular weight excluding hydrogens is 328 g/mol. The fourth-order valence-corrected chi connectivity index (χ4v) is 3.35. The first-order valence-electron chi connectivity index (χ1n) is 8.20. The lowest BCUT2D eigenvalue weighted by Crippen LogP contribution is -2.29. The molecule has 1 aromatic carbocycles. The Bertz CT molecular complexity index is 993. The SMILES string of the molecule is O=C(O)c1n[nH]nc1C1(c2ccncc2)C=CC(c2ccccc2)=CC1. The van der Waals surface area contributed by atoms with Crippen molar-refractivity contribution in [3.05, 3.63) is 95.6 Å². The maximum atomic E-state index is 11.6. The summed E-state index contributed by atoms with van der Waals surface area (Å²) < 4.78 is 0. The third kappa shape index (κ3) is 2.61. The van der Waals surface area contributed by atoms with Crippen LogP contribution in [-0.2, 0) is 5.41 Å². The number of benzene rings is 1. The van der Waals surface area contributed by atoms with Gasteiger partial charge < -0.3 is 5.11 Å². The summed E-state index contributed by atoms with van der Waals surface area (Å²) in [5, 5.41) is 20.0. The van der Waals surface area contributed by atoms with Crippen LogP contribution in [-0.4, -0.2) is 31.5 Å². The van der Waals surface area contributed by atoms with Crippen molar-refractivity contribution >= 4 is 11.5 Å². The van der Waals surface area contributed by atoms with Crippen molar-refractivity contribution in [2.45, 2.75) is 11.8 Å². The Morgan fingerprint density at radius 1 is 1.08 bits per heavy atom. The van der Waals surface area contributed by atoms with Crippen LogP contribution < -0.4 is 0 Å². The first kappa shape index (κ1) is 16.0. The second-order valence-corrected chi connectivity index (χ2v) is 6.10. The van der Waals surface area contributed by atoms with E-state index in [0.717, 1.165) is 16.7 Å². The summed E-state index contributed by atoms with van der Waals surface area (Å²) in [6.07, 6.45) is 10.1. The smallest absolute Gasteiger partial charge is 0.358 e. The Morgan fingerprint density at radius 3 is 2.50 bits per heavy atom. The van der Waals surface area contributed by atoms with Gasteiger partial charge in [-0.15, -0.1) is 5.10 Å². The number of allylic oxidation sites excluding steroid dienone is 4. The summed E-state index contributed by atoms with van der Waals surface area (Å²) in [7, 11) is 0. The van der Waals surface area contributed by atoms with E-state index in [0.29, 0.717) is 12.1 Å². The molecule has 0 saturated carbocycles. The van der Waals surface area contributed by atoms with E-state index in [4.69, 9.17) is 0 Å². The number of hydrogen-bond donors (Lipinski definition) is 2. The standard InChI is InChI=1S/C20H16N4O2/c25-19(26)17-18(23-24-22-17)20(16-8-12-21-13-9-16)10-6-15(7-11-20)14-4-2-1-3-5-14/h1-10,12-13H,11H2,(H,25,26)(H,22,23,24). The lowest BCUT2D eigenvalue weighted by atomic mass is 9.71. The first-order valence-corrected chi connectivity index (χ1v) is 8.20. The summed E-state index contributed by atoms with van der Waals surface area (Å²) in [6.45, 7) is 0. The third-order valence-corrected chi connectivity index (χ3v) is 4.67. The molecule has 2 N–H and O–H groups in total. The van der Waals surface area contributed by atoms with Crippen molar-refractivity contribution < 1.29 is 9.90 Å². The van der Waals surface area contributed by atoms with Gasteiger partial charge in [-0.1, -0.05) is 48.6 Å². The van der Waals surface area contributed by atoms with Crippen LogP contribution in [0.2, 0.25) is 0 Å². The first-order chi connectivity index (χ1) is 12.7. The molecule has 6 nitrogen and oxygen atoms in total. The number of aromatic carboxylic acids is 1. The highest BCUT2D eigenvalue weighted by molar-refractivity contribution is 5.87. The van der Waals surface area contributed by atoms with Crippen LogP contribution in [0, 0.1) is 0 Å². The zero-order valence-corrected chi connectivity index (χ0v) is 13.8. The molecule has 0 saturated heterocycles. The predicted octanol–water partition coefficient (Wildman–Crippen LogP) is 3.23. The van der Waals surface area contributed by atoms with Crippen molar-refractivity contribution in [1.29, 1.82) is 0 Å². The molecule has 0 bridgehead atoms. The molecule has 1 unspecified atom stereocenters. The third-order valence-electron chi connectivity index (χ3n) is 4.67. The molecule has 2 aromatic heterocycles. The highest BCUT2D eigenvalue weighted by atomic mass is 16.4. The summed E-state index contributed by atoms with van der Waals surface area (Å²) in [5.41, 5.74) is 2.76. The Morgan fingerprint density at radius 2 is 1.85 bits per heavy atom. The molecular formula is C20H16N4O2. The molecule has 0 amide bonds. The Labute approximate surface area is 149 Å². The zero-order valence-electron chi connectivity index (χ0n) is 13.8. The number of aromatic nitrogens is 4. The van der Waals surface area contributed by atoms with Gasteiger partial charge in [0.05, 0.1) is 5.41 Å². The van der Waals surface area contributed by atoms with Gasteiger partial charge >= 0.3 is 5.97 Å². The fraction of sp³-hybridized carbons (Fsp3) is 0.100. The van der Waals surface area contributed by atoms with Crippen molar-refractivity contribution in [1.82, 2.24) is 20.4 Å². The minimum atomic E-state index is -1.10. The number of nitrogens with one attached hydrogen (secondary N) is 1. The highest BCUT2D eigenvalue weighted by Crippen LogP contribution is 2.41. The van der Waals surface area contributed by atoms with Crippen LogP contribution in [0.3, 0.4) is 0 Å². The van der Waals surface area contributed by atoms with Crippen LogP contribution in [0.4, 0.5) is 0 Å². The maximum Gasteiger partial charge on any atom is 0.358 e. The molecule has 0 spiro atoms. The van der Waals surface area contributed by atoms with Gasteiger partial charge in [0.1, 0.15) is 5.69 Å². The number of hydrogen-bond acceptors (Lipinski definition) is 4. The van der Waals surface area contributed by atoms with E-state index in [2.05, 4.69) is 26.5 Å². The second kappa shape index (κ2) is 6.40. The average molecular weight is 344 g/mol. The van der Waals surface area contributed by atoms with Crippen molar-refractivity contribution in [3.8, 4) is 0 Å². The van der Waals surface area contributed by atoms with E-state index in [-0.39, 0.29) is 5.69 Å². The zero-order chi connectivity index (χ0) is 18.0. The number of rotatable bonds is 4. The van der Waals surface area contributed by atoms with Crippen molar-refractivity contribution in [2.75, 3.05) is 0 Å². The average Bonchev–Trinajstić information content (AvgIpc) is 3.20. The number of carboxylic acid groups (broad SMARTS) is 1. The Hall–Kier alpha value is -3.54. The van der Waals surface area contributed by atoms with E-state index in [1.165, 1.54) is 0 Å². The van der Waals surface area contributed by atoms with Crippen molar-refractivity contribution in [2.24, 2.45) is 0 Å². The molecule has 2 heterocycles. The van der Waals surface area contributed by atoms with E-state index in [1.54, 1.807) is 12.4 Å². The molecule has 1 aliphatic rings. The normalized spacial score (nSPS) is 19.2. The van der Waals surface area contributed by atoms with Crippen LogP contribution >= 0.6 is 0 Å². The van der Waals surface area contributed by atoms with Crippen LogP contribution in [0.5, 0.6) is 0 Å². The molecule has 26 heavy (non-hydrogen) atoms. The van der Waals surface area contributed by atoms with Crippen LogP contribution in [0.25, 0.3) is 5.57 Å². The van der Waals surface area contributed by atoms with Crippen LogP contribution in [0.1, 0.15) is 33.7 Å². The highest BCUT2D eigenvalue weighted by Gasteiger charge is 2.39. The number of nitrogens with zero attached hydrogens (tertiary/aromatic N) is 3. The molecule has 0 radical (unpaired) electrons. The minimum Gasteiger partial charge on any atom is -0.476 e. The van der Waals surface area contributed by atoms with Gasteiger partial charge in [0.25, 0.3) is 0 Å². The molecule has 3 aromatic rings. The fourth-order valence-electron chi connectivity index (χ4n) is 3.35. The van der Waals surface area contributed by atoms with Crippen molar-refractivity contribution in [3.63, 3.8) is 0 Å². The Balaban J connectivity index is 1.83. The van der Waals surface area contributed by atoms with E-state index in [1.807, 2.05) is 54.6 Å². The number of carboxylic acids is 1. The van der Waals surface area contributed by atoms with Gasteiger partial charge in [0.15, 0.2) is 5.69 Å². The lowest BCUT2D eigenvalue weighted by Gasteiger charge is -2.31. The quantitative estimate of drug-likeness (QED) is 0.758. The van der Waals surface area contributed by atoms with E-state index >= 15 is 0 Å². The summed E-state index contributed by atoms with van der Waals surface area (Å²) >= 11 is 0. The maximum absolute atomic E-state index is 11.6. The molecule has 4 rings (SSSR count). The van der Waals surface area contributed by atoms with Gasteiger partial charge in [-0.05, 0) is 35.3 Å². The van der Waals surface area contributed by atoms with E-state index in [9.17, 15) is 9.90 Å². The van der Waals surface area contributed by atoms with Gasteiger partial charge in [-0.25, -0.2) is 4.79 Å². The monoisotopic (exact) mass is 344 g/mol. The summed E-state index contributed by atoms with van der Waals surface area (Å²) in [6, 6.07) is 13.8. The lowest BCUT2D eigenvalue weighted by molar-refractivity contribution is 0.0688. The summed E-state index contributed by atoms with van der Waals surface area (Å²) in [5.74, 6) is -1.10. The number of aromatic amines is 1. The Kier molecular flexibility index (Phi) is 3.93. The van der Waals surface area contributed by atoms with Gasteiger partial charge in [-0.2, -0.15) is 10.3 Å². The summed E-state index contributed by atoms with van der Waals surface area (Å²) in [4.78, 5) is 15.7. The molecule has 6 heteroatoms. The topological polar surface area (TPSA) is 91.8 Å².